The van der Waals surface area contributed by atoms with E-state index in [0.29, 0.717) is 17.4 Å². The van der Waals surface area contributed by atoms with E-state index in [0.717, 1.165) is 18.2 Å². The predicted molar refractivity (Wildman–Crippen MR) is 78.0 cm³/mol. The molecule has 0 saturated heterocycles. The first-order valence-corrected chi connectivity index (χ1v) is 6.64. The van der Waals surface area contributed by atoms with Crippen LogP contribution in [0.2, 0.25) is 0 Å². The van der Waals surface area contributed by atoms with Crippen molar-refractivity contribution in [3.8, 4) is 5.75 Å². The van der Waals surface area contributed by atoms with E-state index in [1.165, 1.54) is 19.2 Å². The topological polar surface area (TPSA) is 39.1 Å². The summed E-state index contributed by atoms with van der Waals surface area (Å²) in [5, 5.41) is 3.21. The van der Waals surface area contributed by atoms with Crippen molar-refractivity contribution in [3.05, 3.63) is 35.9 Å². The van der Waals surface area contributed by atoms with Gasteiger partial charge in [-0.25, -0.2) is 9.37 Å². The molecule has 2 rings (SSSR count). The molecule has 1 aromatic heterocycles. The van der Waals surface area contributed by atoms with Gasteiger partial charge in [-0.2, -0.15) is 0 Å². The number of imidazole rings is 1. The molecule has 1 N–H and O–H groups in total. The van der Waals surface area contributed by atoms with Crippen molar-refractivity contribution in [2.45, 2.75) is 27.3 Å². The molecule has 0 atom stereocenters. The Kier molecular flexibility index (Phi) is 4.27. The maximum Gasteiger partial charge on any atom is 0.207 e. The lowest BCUT2D eigenvalue weighted by Crippen LogP contribution is -2.08. The number of aryl methyl sites for hydroxylation is 1. The normalized spacial score (nSPS) is 10.9. The summed E-state index contributed by atoms with van der Waals surface area (Å²) >= 11 is 0. The number of hydrogen-bond donors (Lipinski definition) is 1. The highest BCUT2D eigenvalue weighted by Gasteiger charge is 2.11. The number of hydrogen-bond acceptors (Lipinski definition) is 3. The van der Waals surface area contributed by atoms with E-state index < -0.39 is 0 Å². The third-order valence-corrected chi connectivity index (χ3v) is 2.87. The third kappa shape index (κ3) is 3.29. The van der Waals surface area contributed by atoms with Gasteiger partial charge in [-0.3, -0.25) is 0 Å². The minimum absolute atomic E-state index is 0.325. The maximum atomic E-state index is 13.2. The first-order valence-electron chi connectivity index (χ1n) is 6.64. The molecule has 0 fully saturated rings. The first kappa shape index (κ1) is 14.4. The summed E-state index contributed by atoms with van der Waals surface area (Å²) in [6.45, 7) is 7.12. The fourth-order valence-corrected chi connectivity index (χ4v) is 2.07. The monoisotopic (exact) mass is 277 g/mol. The maximum absolute atomic E-state index is 13.2. The SMILES string of the molecule is COc1cc(F)ccc1Nc1nc(C)cn1CC(C)C. The smallest absolute Gasteiger partial charge is 0.207 e. The van der Waals surface area contributed by atoms with Gasteiger partial charge in [0.15, 0.2) is 0 Å². The molecular formula is C15H20FN3O. The molecule has 1 aromatic carbocycles. The Morgan fingerprint density at radius 1 is 1.40 bits per heavy atom. The van der Waals surface area contributed by atoms with Crippen LogP contribution in [0.5, 0.6) is 5.75 Å². The molecule has 0 unspecified atom stereocenters. The van der Waals surface area contributed by atoms with E-state index in [1.807, 2.05) is 13.1 Å². The van der Waals surface area contributed by atoms with E-state index in [2.05, 4.69) is 28.7 Å². The number of ether oxygens (including phenoxy) is 1. The van der Waals surface area contributed by atoms with Crippen molar-refractivity contribution in [1.82, 2.24) is 9.55 Å². The lowest BCUT2D eigenvalue weighted by atomic mass is 10.2. The summed E-state index contributed by atoms with van der Waals surface area (Å²) in [7, 11) is 1.52. The molecule has 5 heteroatoms. The van der Waals surface area contributed by atoms with E-state index in [-0.39, 0.29) is 5.82 Å². The van der Waals surface area contributed by atoms with E-state index in [4.69, 9.17) is 4.74 Å². The molecule has 0 saturated carbocycles. The van der Waals surface area contributed by atoms with Gasteiger partial charge in [-0.15, -0.1) is 0 Å². The summed E-state index contributed by atoms with van der Waals surface area (Å²) < 4.78 is 20.4. The Morgan fingerprint density at radius 3 is 2.80 bits per heavy atom. The number of rotatable bonds is 5. The number of halogens is 1. The highest BCUT2D eigenvalue weighted by molar-refractivity contribution is 5.62. The van der Waals surface area contributed by atoms with Gasteiger partial charge in [-0.1, -0.05) is 13.8 Å². The van der Waals surface area contributed by atoms with Gasteiger partial charge >= 0.3 is 0 Å². The molecule has 2 aromatic rings. The number of nitrogens with zero attached hydrogens (tertiary/aromatic N) is 2. The molecule has 0 bridgehead atoms. The highest BCUT2D eigenvalue weighted by atomic mass is 19.1. The van der Waals surface area contributed by atoms with Gasteiger partial charge in [0, 0.05) is 18.8 Å². The fourth-order valence-electron chi connectivity index (χ4n) is 2.07. The zero-order valence-corrected chi connectivity index (χ0v) is 12.3. The quantitative estimate of drug-likeness (QED) is 0.905. The Balaban J connectivity index is 2.30. The van der Waals surface area contributed by atoms with Crippen LogP contribution in [0.1, 0.15) is 19.5 Å². The molecule has 0 aliphatic heterocycles. The number of aromatic nitrogens is 2. The van der Waals surface area contributed by atoms with Crippen LogP contribution in [0, 0.1) is 18.7 Å². The Bertz CT molecular complexity index is 593. The molecule has 0 aliphatic rings. The Labute approximate surface area is 118 Å². The molecule has 1 heterocycles. The lowest BCUT2D eigenvalue weighted by Gasteiger charge is -2.13. The summed E-state index contributed by atoms with van der Waals surface area (Å²) in [5.74, 6) is 1.39. The molecule has 20 heavy (non-hydrogen) atoms. The van der Waals surface area contributed by atoms with Crippen LogP contribution in [0.4, 0.5) is 16.0 Å². The molecule has 108 valence electrons. The van der Waals surface area contributed by atoms with Crippen molar-refractivity contribution in [2.75, 3.05) is 12.4 Å². The average Bonchev–Trinajstić information content (AvgIpc) is 2.70. The van der Waals surface area contributed by atoms with Crippen molar-refractivity contribution in [2.24, 2.45) is 5.92 Å². The second-order valence-corrected chi connectivity index (χ2v) is 5.22. The van der Waals surface area contributed by atoms with Gasteiger partial charge < -0.3 is 14.6 Å². The van der Waals surface area contributed by atoms with Crippen LogP contribution >= 0.6 is 0 Å². The Hall–Kier alpha value is -2.04. The van der Waals surface area contributed by atoms with Crippen LogP contribution in [-0.2, 0) is 6.54 Å². The number of nitrogens with one attached hydrogen (secondary N) is 1. The van der Waals surface area contributed by atoms with Crippen molar-refractivity contribution >= 4 is 11.6 Å². The van der Waals surface area contributed by atoms with E-state index in [9.17, 15) is 4.39 Å². The molecule has 0 spiro atoms. The second kappa shape index (κ2) is 5.94. The standard InChI is InChI=1S/C15H20FN3O/c1-10(2)8-19-9-11(3)17-15(19)18-13-6-5-12(16)7-14(13)20-4/h5-7,9-10H,8H2,1-4H3,(H,17,18). The first-order chi connectivity index (χ1) is 9.49. The van der Waals surface area contributed by atoms with Gasteiger partial charge in [-0.05, 0) is 25.0 Å². The van der Waals surface area contributed by atoms with Crippen LogP contribution in [0.3, 0.4) is 0 Å². The van der Waals surface area contributed by atoms with Gasteiger partial charge in [0.2, 0.25) is 5.95 Å². The summed E-state index contributed by atoms with van der Waals surface area (Å²) in [5.41, 5.74) is 1.64. The van der Waals surface area contributed by atoms with E-state index >= 15 is 0 Å². The van der Waals surface area contributed by atoms with Gasteiger partial charge in [0.25, 0.3) is 0 Å². The molecule has 0 radical (unpaired) electrons. The molecular weight excluding hydrogens is 257 g/mol. The zero-order chi connectivity index (χ0) is 14.7. The minimum Gasteiger partial charge on any atom is -0.494 e. The Morgan fingerprint density at radius 2 is 2.15 bits per heavy atom. The summed E-state index contributed by atoms with van der Waals surface area (Å²) in [4.78, 5) is 4.46. The number of anilines is 2. The largest absolute Gasteiger partial charge is 0.494 e. The van der Waals surface area contributed by atoms with Crippen molar-refractivity contribution < 1.29 is 9.13 Å². The zero-order valence-electron chi connectivity index (χ0n) is 12.3. The summed E-state index contributed by atoms with van der Waals surface area (Å²) in [6, 6.07) is 4.40. The lowest BCUT2D eigenvalue weighted by molar-refractivity contribution is 0.413. The third-order valence-electron chi connectivity index (χ3n) is 2.87. The summed E-state index contributed by atoms with van der Waals surface area (Å²) in [6.07, 6.45) is 2.00. The minimum atomic E-state index is -0.325. The van der Waals surface area contributed by atoms with Crippen molar-refractivity contribution in [3.63, 3.8) is 0 Å². The number of methoxy groups -OCH3 is 1. The van der Waals surface area contributed by atoms with E-state index in [1.54, 1.807) is 6.07 Å². The van der Waals surface area contributed by atoms with Gasteiger partial charge in [0.05, 0.1) is 18.5 Å². The second-order valence-electron chi connectivity index (χ2n) is 5.22. The molecule has 4 nitrogen and oxygen atoms in total. The molecule has 0 amide bonds. The average molecular weight is 277 g/mol. The van der Waals surface area contributed by atoms with Crippen LogP contribution < -0.4 is 10.1 Å². The van der Waals surface area contributed by atoms with Gasteiger partial charge in [0.1, 0.15) is 11.6 Å². The van der Waals surface area contributed by atoms with Crippen molar-refractivity contribution in [1.29, 1.82) is 0 Å². The molecule has 0 aliphatic carbocycles. The number of benzene rings is 1. The van der Waals surface area contributed by atoms with Crippen LogP contribution in [0.25, 0.3) is 0 Å². The van der Waals surface area contributed by atoms with Crippen LogP contribution in [-0.4, -0.2) is 16.7 Å². The predicted octanol–water partition coefficient (Wildman–Crippen LogP) is 3.74. The highest BCUT2D eigenvalue weighted by Crippen LogP contribution is 2.28. The fraction of sp³-hybridized carbons (Fsp3) is 0.400. The van der Waals surface area contributed by atoms with Crippen LogP contribution in [0.15, 0.2) is 24.4 Å².